The fourth-order valence-corrected chi connectivity index (χ4v) is 4.27. The summed E-state index contributed by atoms with van der Waals surface area (Å²) in [5.41, 5.74) is 7.64. The van der Waals surface area contributed by atoms with E-state index < -0.39 is 18.9 Å². The van der Waals surface area contributed by atoms with Gasteiger partial charge in [0.2, 0.25) is 0 Å². The van der Waals surface area contributed by atoms with Crippen molar-refractivity contribution in [2.45, 2.75) is 53.6 Å². The Morgan fingerprint density at radius 2 is 1.91 bits per heavy atom. The van der Waals surface area contributed by atoms with Gasteiger partial charge >= 0.3 is 7.12 Å². The fraction of sp³-hybridized carbons (Fsp3) is 0.417. The smallest absolute Gasteiger partial charge is 0.496 e. The molecule has 8 nitrogen and oxygen atoms in total. The van der Waals surface area contributed by atoms with Crippen LogP contribution in [-0.2, 0) is 11.3 Å². The highest BCUT2D eigenvalue weighted by molar-refractivity contribution is 6.60. The molecule has 0 unspecified atom stereocenters. The third-order valence-corrected chi connectivity index (χ3v) is 6.01. The first kappa shape index (κ1) is 24.8. The van der Waals surface area contributed by atoms with E-state index in [0.717, 1.165) is 12.0 Å². The van der Waals surface area contributed by atoms with Crippen molar-refractivity contribution in [2.75, 3.05) is 7.11 Å². The number of nitrogens with zero attached hydrogens (tertiary/aromatic N) is 1. The maximum atomic E-state index is 12.6. The SMILES string of the molecule is CC[C@@H](N1Cc2ccc(C(=O)NNC(=O)c3cccc(OC)c3C)cc2B(O)O1)C(C)(C)C. The Kier molecular flexibility index (Phi) is 7.46. The van der Waals surface area contributed by atoms with Crippen LogP contribution in [0.5, 0.6) is 5.75 Å². The van der Waals surface area contributed by atoms with Gasteiger partial charge in [0.1, 0.15) is 5.75 Å². The van der Waals surface area contributed by atoms with E-state index in [9.17, 15) is 14.6 Å². The van der Waals surface area contributed by atoms with Gasteiger partial charge in [-0.3, -0.25) is 20.4 Å². The Balaban J connectivity index is 1.70. The predicted octanol–water partition coefficient (Wildman–Crippen LogP) is 2.34. The number of benzene rings is 2. The number of rotatable bonds is 5. The summed E-state index contributed by atoms with van der Waals surface area (Å²) < 4.78 is 11.0. The lowest BCUT2D eigenvalue weighted by molar-refractivity contribution is -0.150. The Labute approximate surface area is 195 Å². The second kappa shape index (κ2) is 9.95. The largest absolute Gasteiger partial charge is 0.509 e. The van der Waals surface area contributed by atoms with E-state index in [0.29, 0.717) is 34.4 Å². The van der Waals surface area contributed by atoms with Crippen LogP contribution in [0.25, 0.3) is 0 Å². The van der Waals surface area contributed by atoms with Crippen molar-refractivity contribution in [3.05, 3.63) is 58.7 Å². The lowest BCUT2D eigenvalue weighted by Gasteiger charge is -2.42. The molecule has 33 heavy (non-hydrogen) atoms. The summed E-state index contributed by atoms with van der Waals surface area (Å²) in [6, 6.07) is 10.3. The zero-order valence-corrected chi connectivity index (χ0v) is 20.1. The predicted molar refractivity (Wildman–Crippen MR) is 127 cm³/mol. The summed E-state index contributed by atoms with van der Waals surface area (Å²) in [6.07, 6.45) is 0.874. The minimum atomic E-state index is -1.17. The number of hydroxylamine groups is 2. The average Bonchev–Trinajstić information content (AvgIpc) is 2.76. The second-order valence-corrected chi connectivity index (χ2v) is 9.28. The van der Waals surface area contributed by atoms with Crippen molar-refractivity contribution >= 4 is 24.4 Å². The van der Waals surface area contributed by atoms with E-state index in [1.807, 2.05) is 11.1 Å². The average molecular weight is 453 g/mol. The molecule has 1 aliphatic rings. The second-order valence-electron chi connectivity index (χ2n) is 9.28. The molecule has 0 radical (unpaired) electrons. The van der Waals surface area contributed by atoms with Gasteiger partial charge in [0.05, 0.1) is 7.11 Å². The lowest BCUT2D eigenvalue weighted by Crippen LogP contribution is -2.54. The number of hydrogen-bond donors (Lipinski definition) is 3. The first-order chi connectivity index (χ1) is 15.6. The third-order valence-electron chi connectivity index (χ3n) is 6.01. The Hall–Kier alpha value is -2.88. The van der Waals surface area contributed by atoms with Gasteiger partial charge in [-0.25, -0.2) is 0 Å². The minimum absolute atomic E-state index is 0.0227. The number of fused-ring (bicyclic) bond motifs is 1. The standard InChI is InChI=1S/C24H32BN3O5/c1-7-21(24(3,4)5)28-14-17-12-11-16(13-19(17)25(31)33-28)22(29)26-27-23(30)18-9-8-10-20(32-6)15(18)2/h8-13,21,31H,7,14H2,1-6H3,(H,26,29)(H,27,30)/t21-/m1/s1. The summed E-state index contributed by atoms with van der Waals surface area (Å²) in [6.45, 7) is 10.8. The molecule has 0 saturated carbocycles. The first-order valence-electron chi connectivity index (χ1n) is 11.0. The minimum Gasteiger partial charge on any atom is -0.496 e. The third kappa shape index (κ3) is 5.38. The quantitative estimate of drug-likeness (QED) is 0.475. The van der Waals surface area contributed by atoms with Gasteiger partial charge in [-0.2, -0.15) is 5.06 Å². The monoisotopic (exact) mass is 453 g/mol. The Bertz CT molecular complexity index is 1040. The number of amides is 2. The van der Waals surface area contributed by atoms with Crippen molar-refractivity contribution in [3.63, 3.8) is 0 Å². The molecule has 176 valence electrons. The lowest BCUT2D eigenvalue weighted by atomic mass is 9.74. The van der Waals surface area contributed by atoms with Crippen LogP contribution in [0, 0.1) is 12.3 Å². The molecular formula is C24H32BN3O5. The molecule has 2 amide bonds. The topological polar surface area (TPSA) is 100 Å². The van der Waals surface area contributed by atoms with Gasteiger partial charge in [0.25, 0.3) is 11.8 Å². The normalized spacial score (nSPS) is 14.9. The van der Waals surface area contributed by atoms with Crippen LogP contribution in [0.2, 0.25) is 0 Å². The molecule has 0 spiro atoms. The molecule has 0 fully saturated rings. The highest BCUT2D eigenvalue weighted by Gasteiger charge is 2.37. The van der Waals surface area contributed by atoms with Crippen LogP contribution in [-0.4, -0.2) is 42.2 Å². The highest BCUT2D eigenvalue weighted by atomic mass is 16.7. The summed E-state index contributed by atoms with van der Waals surface area (Å²) in [5.74, 6) is -0.365. The van der Waals surface area contributed by atoms with Crippen LogP contribution in [0.1, 0.15) is 66.0 Å². The van der Waals surface area contributed by atoms with E-state index in [1.165, 1.54) is 7.11 Å². The molecule has 0 aromatic heterocycles. The van der Waals surface area contributed by atoms with E-state index >= 15 is 0 Å². The molecule has 0 saturated heterocycles. The van der Waals surface area contributed by atoms with Gasteiger partial charge in [-0.15, -0.1) is 0 Å². The van der Waals surface area contributed by atoms with Gasteiger partial charge in [0, 0.05) is 29.3 Å². The van der Waals surface area contributed by atoms with Gasteiger partial charge in [0.15, 0.2) is 0 Å². The molecule has 9 heteroatoms. The van der Waals surface area contributed by atoms with Crippen molar-refractivity contribution in [1.29, 1.82) is 0 Å². The number of nitrogens with one attached hydrogen (secondary N) is 2. The van der Waals surface area contributed by atoms with Crippen molar-refractivity contribution in [3.8, 4) is 5.75 Å². The van der Waals surface area contributed by atoms with Crippen LogP contribution >= 0.6 is 0 Å². The molecule has 0 aliphatic carbocycles. The first-order valence-corrected chi connectivity index (χ1v) is 11.0. The summed E-state index contributed by atoms with van der Waals surface area (Å²) in [5, 5.41) is 12.4. The van der Waals surface area contributed by atoms with Crippen LogP contribution in [0.3, 0.4) is 0 Å². The highest BCUT2D eigenvalue weighted by Crippen LogP contribution is 2.30. The number of carbonyl (C=O) groups excluding carboxylic acids is 2. The molecule has 1 aliphatic heterocycles. The number of hydrogen-bond acceptors (Lipinski definition) is 6. The van der Waals surface area contributed by atoms with Crippen molar-refractivity contribution < 1.29 is 24.1 Å². The van der Waals surface area contributed by atoms with Crippen molar-refractivity contribution in [1.82, 2.24) is 15.9 Å². The van der Waals surface area contributed by atoms with E-state index in [4.69, 9.17) is 9.49 Å². The summed E-state index contributed by atoms with van der Waals surface area (Å²) in [7, 11) is 0.358. The summed E-state index contributed by atoms with van der Waals surface area (Å²) in [4.78, 5) is 25.2. The van der Waals surface area contributed by atoms with Gasteiger partial charge < -0.3 is 14.5 Å². The van der Waals surface area contributed by atoms with Gasteiger partial charge in [-0.05, 0) is 54.1 Å². The number of hydrazine groups is 1. The van der Waals surface area contributed by atoms with Crippen molar-refractivity contribution in [2.24, 2.45) is 5.41 Å². The zero-order valence-electron chi connectivity index (χ0n) is 20.1. The van der Waals surface area contributed by atoms with Crippen LogP contribution < -0.4 is 21.1 Å². The molecule has 3 N–H and O–H groups in total. The molecule has 0 bridgehead atoms. The molecule has 2 aromatic carbocycles. The maximum absolute atomic E-state index is 12.6. The number of methoxy groups -OCH3 is 1. The molecule has 1 heterocycles. The molecule has 2 aromatic rings. The number of carbonyl (C=O) groups is 2. The number of ether oxygens (including phenoxy) is 1. The zero-order chi connectivity index (χ0) is 24.3. The molecular weight excluding hydrogens is 421 g/mol. The van der Waals surface area contributed by atoms with Crippen LogP contribution in [0.15, 0.2) is 36.4 Å². The Morgan fingerprint density at radius 3 is 2.55 bits per heavy atom. The van der Waals surface area contributed by atoms with Crippen LogP contribution in [0.4, 0.5) is 0 Å². The van der Waals surface area contributed by atoms with E-state index in [2.05, 4.69) is 38.5 Å². The molecule has 3 rings (SSSR count). The van der Waals surface area contributed by atoms with Gasteiger partial charge in [-0.1, -0.05) is 39.8 Å². The fourth-order valence-electron chi connectivity index (χ4n) is 4.27. The van der Waals surface area contributed by atoms with E-state index in [-0.39, 0.29) is 11.5 Å². The molecule has 1 atom stereocenters. The van der Waals surface area contributed by atoms with E-state index in [1.54, 1.807) is 37.3 Å². The summed E-state index contributed by atoms with van der Waals surface area (Å²) >= 11 is 0. The Morgan fingerprint density at radius 1 is 1.21 bits per heavy atom. The maximum Gasteiger partial charge on any atom is 0.509 e.